The van der Waals surface area contributed by atoms with Crippen LogP contribution in [-0.4, -0.2) is 38.6 Å². The number of ether oxygens (including phenoxy) is 3. The smallest absolute Gasteiger partial charge is 0.104 e. The fraction of sp³-hybridized carbons (Fsp3) is 1.00. The van der Waals surface area contributed by atoms with Gasteiger partial charge >= 0.3 is 0 Å². The lowest BCUT2D eigenvalue weighted by Crippen LogP contribution is -2.06. The fourth-order valence-corrected chi connectivity index (χ4v) is 0.659. The van der Waals surface area contributed by atoms with Crippen molar-refractivity contribution in [2.24, 2.45) is 5.92 Å². The first-order valence-corrected chi connectivity index (χ1v) is 5.53. The molecule has 2 saturated heterocycles. The lowest BCUT2D eigenvalue weighted by Gasteiger charge is -1.95. The second kappa shape index (κ2) is 6.38. The first-order valence-electron chi connectivity index (χ1n) is 5.53. The van der Waals surface area contributed by atoms with Gasteiger partial charge in [-0.25, -0.2) is 0 Å². The predicted octanol–water partition coefficient (Wildman–Crippen LogP) is 1.85. The molecule has 2 atom stereocenters. The Morgan fingerprint density at radius 2 is 1.50 bits per heavy atom. The average molecular weight is 202 g/mol. The van der Waals surface area contributed by atoms with Crippen molar-refractivity contribution in [3.05, 3.63) is 0 Å². The molecule has 2 heterocycles. The lowest BCUT2D eigenvalue weighted by atomic mass is 10.2. The summed E-state index contributed by atoms with van der Waals surface area (Å²) in [6.45, 7) is 9.90. The van der Waals surface area contributed by atoms with Gasteiger partial charge in [0.15, 0.2) is 0 Å². The molecule has 0 aliphatic carbocycles. The molecule has 0 aromatic carbocycles. The van der Waals surface area contributed by atoms with Crippen LogP contribution >= 0.6 is 0 Å². The standard InChI is InChI=1S/C6H10O3.C5H12/c1(5-3-8-5)7-2-6-4-9-6;1-4-5(2)3/h5-6H,1-4H2;5H,4H2,1-3H3. The Morgan fingerprint density at radius 3 is 1.71 bits per heavy atom. The molecule has 0 aromatic heterocycles. The van der Waals surface area contributed by atoms with Crippen LogP contribution in [0, 0.1) is 5.92 Å². The maximum Gasteiger partial charge on any atom is 0.104 e. The van der Waals surface area contributed by atoms with Gasteiger partial charge in [0.1, 0.15) is 12.2 Å². The summed E-state index contributed by atoms with van der Waals surface area (Å²) >= 11 is 0. The molecule has 0 spiro atoms. The molecule has 84 valence electrons. The van der Waals surface area contributed by atoms with E-state index in [1.165, 1.54) is 6.42 Å². The Hall–Kier alpha value is -0.120. The first-order chi connectivity index (χ1) is 6.72. The van der Waals surface area contributed by atoms with E-state index in [1.54, 1.807) is 0 Å². The highest BCUT2D eigenvalue weighted by molar-refractivity contribution is 4.71. The van der Waals surface area contributed by atoms with Crippen molar-refractivity contribution in [3.63, 3.8) is 0 Å². The van der Waals surface area contributed by atoms with Gasteiger partial charge in [-0.1, -0.05) is 27.2 Å². The minimum atomic E-state index is 0.392. The Morgan fingerprint density at radius 1 is 1.14 bits per heavy atom. The van der Waals surface area contributed by atoms with Gasteiger partial charge in [-0.2, -0.15) is 0 Å². The van der Waals surface area contributed by atoms with Gasteiger partial charge < -0.3 is 14.2 Å². The van der Waals surface area contributed by atoms with Gasteiger partial charge in [-0.15, -0.1) is 0 Å². The molecule has 3 nitrogen and oxygen atoms in total. The average Bonchev–Trinajstić information content (AvgIpc) is 2.99. The number of rotatable bonds is 5. The molecule has 2 aliphatic rings. The summed E-state index contributed by atoms with van der Waals surface area (Å²) < 4.78 is 15.1. The van der Waals surface area contributed by atoms with E-state index >= 15 is 0 Å². The molecule has 0 saturated carbocycles. The largest absolute Gasteiger partial charge is 0.376 e. The van der Waals surface area contributed by atoms with Crippen molar-refractivity contribution in [2.45, 2.75) is 39.4 Å². The quantitative estimate of drug-likeness (QED) is 0.638. The van der Waals surface area contributed by atoms with Crippen molar-refractivity contribution in [3.8, 4) is 0 Å². The van der Waals surface area contributed by atoms with Crippen molar-refractivity contribution < 1.29 is 14.2 Å². The molecule has 0 radical (unpaired) electrons. The summed E-state index contributed by atoms with van der Waals surface area (Å²) in [7, 11) is 0. The van der Waals surface area contributed by atoms with Crippen LogP contribution in [0.25, 0.3) is 0 Å². The zero-order chi connectivity index (χ0) is 10.4. The van der Waals surface area contributed by atoms with E-state index in [9.17, 15) is 0 Å². The summed E-state index contributed by atoms with van der Waals surface area (Å²) in [6, 6.07) is 0. The van der Waals surface area contributed by atoms with Gasteiger partial charge in [0.2, 0.25) is 0 Å². The summed E-state index contributed by atoms with van der Waals surface area (Å²) in [5.41, 5.74) is 0. The van der Waals surface area contributed by atoms with Crippen molar-refractivity contribution in [2.75, 3.05) is 26.4 Å². The van der Waals surface area contributed by atoms with Gasteiger partial charge in [0.05, 0.1) is 26.4 Å². The molecule has 3 heteroatoms. The van der Waals surface area contributed by atoms with Crippen molar-refractivity contribution >= 4 is 0 Å². The third kappa shape index (κ3) is 7.30. The number of hydrogen-bond acceptors (Lipinski definition) is 3. The lowest BCUT2D eigenvalue weighted by molar-refractivity contribution is 0.102. The van der Waals surface area contributed by atoms with Crippen molar-refractivity contribution in [1.29, 1.82) is 0 Å². The van der Waals surface area contributed by atoms with E-state index in [2.05, 4.69) is 20.8 Å². The van der Waals surface area contributed by atoms with Crippen LogP contribution in [0.5, 0.6) is 0 Å². The molecule has 0 N–H and O–H groups in total. The van der Waals surface area contributed by atoms with Crippen LogP contribution in [0.2, 0.25) is 0 Å². The summed E-state index contributed by atoms with van der Waals surface area (Å²) in [5.74, 6) is 0.884. The Bertz CT molecular complexity index is 127. The molecule has 2 rings (SSSR count). The molecule has 0 aromatic rings. The Labute approximate surface area is 86.7 Å². The van der Waals surface area contributed by atoms with Gasteiger partial charge in [0.25, 0.3) is 0 Å². The minimum Gasteiger partial charge on any atom is -0.376 e. The van der Waals surface area contributed by atoms with Gasteiger partial charge in [0, 0.05) is 0 Å². The summed E-state index contributed by atoms with van der Waals surface area (Å²) in [6.07, 6.45) is 2.09. The Kier molecular flexibility index (Phi) is 5.45. The second-order valence-corrected chi connectivity index (χ2v) is 4.25. The maximum absolute atomic E-state index is 5.23. The minimum absolute atomic E-state index is 0.392. The highest BCUT2D eigenvalue weighted by Gasteiger charge is 2.26. The molecule has 2 fully saturated rings. The third-order valence-corrected chi connectivity index (χ3v) is 2.23. The highest BCUT2D eigenvalue weighted by Crippen LogP contribution is 2.12. The van der Waals surface area contributed by atoms with Crippen molar-refractivity contribution in [1.82, 2.24) is 0 Å². The van der Waals surface area contributed by atoms with E-state index in [0.29, 0.717) is 12.2 Å². The molecular formula is C11H22O3. The maximum atomic E-state index is 5.23. The third-order valence-electron chi connectivity index (χ3n) is 2.23. The van der Waals surface area contributed by atoms with E-state index in [1.807, 2.05) is 0 Å². The van der Waals surface area contributed by atoms with Crippen LogP contribution in [0.4, 0.5) is 0 Å². The van der Waals surface area contributed by atoms with Gasteiger partial charge in [-0.3, -0.25) is 0 Å². The van der Waals surface area contributed by atoms with Crippen LogP contribution in [0.1, 0.15) is 27.2 Å². The zero-order valence-electron chi connectivity index (χ0n) is 9.49. The highest BCUT2D eigenvalue weighted by atomic mass is 16.6. The van der Waals surface area contributed by atoms with Crippen LogP contribution in [-0.2, 0) is 14.2 Å². The van der Waals surface area contributed by atoms with E-state index in [0.717, 1.165) is 32.3 Å². The summed E-state index contributed by atoms with van der Waals surface area (Å²) in [4.78, 5) is 0. The number of hydrogen-bond donors (Lipinski definition) is 0. The monoisotopic (exact) mass is 202 g/mol. The topological polar surface area (TPSA) is 34.3 Å². The molecule has 2 aliphatic heterocycles. The Balaban J connectivity index is 0.000000171. The van der Waals surface area contributed by atoms with E-state index in [4.69, 9.17) is 14.2 Å². The molecular weight excluding hydrogens is 180 g/mol. The van der Waals surface area contributed by atoms with E-state index < -0.39 is 0 Å². The zero-order valence-corrected chi connectivity index (χ0v) is 9.49. The predicted molar refractivity (Wildman–Crippen MR) is 55.4 cm³/mol. The molecule has 2 unspecified atom stereocenters. The van der Waals surface area contributed by atoms with Crippen LogP contribution in [0.15, 0.2) is 0 Å². The summed E-state index contributed by atoms with van der Waals surface area (Å²) in [5, 5.41) is 0. The van der Waals surface area contributed by atoms with E-state index in [-0.39, 0.29) is 0 Å². The SMILES string of the molecule is C(OCC1CO1)C1CO1.CCC(C)C. The molecule has 0 bridgehead atoms. The van der Waals surface area contributed by atoms with Gasteiger partial charge in [-0.05, 0) is 5.92 Å². The van der Waals surface area contributed by atoms with Crippen LogP contribution < -0.4 is 0 Å². The number of epoxide rings is 2. The second-order valence-electron chi connectivity index (χ2n) is 4.25. The molecule has 0 amide bonds. The van der Waals surface area contributed by atoms with Crippen LogP contribution in [0.3, 0.4) is 0 Å². The normalized spacial score (nSPS) is 28.3. The fourth-order valence-electron chi connectivity index (χ4n) is 0.659. The first kappa shape index (κ1) is 12.0. The molecule has 14 heavy (non-hydrogen) atoms.